The summed E-state index contributed by atoms with van der Waals surface area (Å²) in [6.45, 7) is 2.30. The summed E-state index contributed by atoms with van der Waals surface area (Å²) < 4.78 is 32.1. The molecule has 0 aromatic heterocycles. The van der Waals surface area contributed by atoms with Crippen molar-refractivity contribution in [3.05, 3.63) is 24.3 Å². The largest absolute Gasteiger partial charge is 0.497 e. The number of sulfonamides is 1. The Hall–Kier alpha value is -1.11. The summed E-state index contributed by atoms with van der Waals surface area (Å²) >= 11 is 0. The molecule has 6 heteroatoms. The molecule has 2 saturated heterocycles. The second-order valence-corrected chi connectivity index (χ2v) is 6.96. The monoisotopic (exact) mass is 282 g/mol. The Labute approximate surface area is 113 Å². The van der Waals surface area contributed by atoms with Crippen molar-refractivity contribution in [3.8, 4) is 5.75 Å². The number of nitrogens with zero attached hydrogens (tertiary/aromatic N) is 1. The lowest BCUT2D eigenvalue weighted by Gasteiger charge is -2.23. The molecule has 0 saturated carbocycles. The topological polar surface area (TPSA) is 58.6 Å². The number of ether oxygens (including phenoxy) is 1. The van der Waals surface area contributed by atoms with Crippen molar-refractivity contribution in [2.24, 2.45) is 5.92 Å². The predicted octanol–water partition coefficient (Wildman–Crippen LogP) is 0.678. The average molecular weight is 282 g/mol. The van der Waals surface area contributed by atoms with Gasteiger partial charge in [-0.25, -0.2) is 8.42 Å². The van der Waals surface area contributed by atoms with Crippen molar-refractivity contribution in [1.29, 1.82) is 0 Å². The predicted molar refractivity (Wildman–Crippen MR) is 71.7 cm³/mol. The van der Waals surface area contributed by atoms with Crippen LogP contribution in [0.4, 0.5) is 0 Å². The second-order valence-electron chi connectivity index (χ2n) is 5.07. The Morgan fingerprint density at radius 1 is 1.37 bits per heavy atom. The fourth-order valence-electron chi connectivity index (χ4n) is 3.01. The third-order valence-electron chi connectivity index (χ3n) is 4.04. The van der Waals surface area contributed by atoms with E-state index in [1.165, 1.54) is 0 Å². The minimum absolute atomic E-state index is 0.108. The van der Waals surface area contributed by atoms with Gasteiger partial charge in [0.05, 0.1) is 12.0 Å². The van der Waals surface area contributed by atoms with Crippen LogP contribution in [-0.2, 0) is 10.0 Å². The molecular weight excluding hydrogens is 264 g/mol. The fraction of sp³-hybridized carbons (Fsp3) is 0.538. The number of hydrogen-bond donors (Lipinski definition) is 1. The molecule has 3 rings (SSSR count). The van der Waals surface area contributed by atoms with E-state index in [9.17, 15) is 8.42 Å². The summed E-state index contributed by atoms with van der Waals surface area (Å²) in [6.07, 6.45) is 0.945. The number of benzene rings is 1. The third-order valence-corrected chi connectivity index (χ3v) is 5.96. The van der Waals surface area contributed by atoms with Crippen molar-refractivity contribution >= 4 is 10.0 Å². The summed E-state index contributed by atoms with van der Waals surface area (Å²) in [5.74, 6) is 1.03. The molecule has 1 aromatic rings. The van der Waals surface area contributed by atoms with Crippen LogP contribution in [0.15, 0.2) is 29.2 Å². The van der Waals surface area contributed by atoms with Crippen LogP contribution < -0.4 is 10.1 Å². The molecule has 0 amide bonds. The van der Waals surface area contributed by atoms with Crippen LogP contribution in [0, 0.1) is 5.92 Å². The highest BCUT2D eigenvalue weighted by Crippen LogP contribution is 2.32. The van der Waals surface area contributed by atoms with Gasteiger partial charge in [0.2, 0.25) is 10.0 Å². The van der Waals surface area contributed by atoms with Crippen molar-refractivity contribution in [1.82, 2.24) is 9.62 Å². The maximum atomic E-state index is 12.7. The quantitative estimate of drug-likeness (QED) is 0.885. The van der Waals surface area contributed by atoms with Crippen LogP contribution in [0.25, 0.3) is 0 Å². The molecule has 1 N–H and O–H groups in total. The van der Waals surface area contributed by atoms with Crippen molar-refractivity contribution in [3.63, 3.8) is 0 Å². The first kappa shape index (κ1) is 12.9. The highest BCUT2D eigenvalue weighted by molar-refractivity contribution is 7.89. The maximum Gasteiger partial charge on any atom is 0.243 e. The molecule has 2 heterocycles. The van der Waals surface area contributed by atoms with Gasteiger partial charge in [0, 0.05) is 25.2 Å². The molecule has 19 heavy (non-hydrogen) atoms. The number of hydrogen-bond acceptors (Lipinski definition) is 4. The van der Waals surface area contributed by atoms with E-state index >= 15 is 0 Å². The highest BCUT2D eigenvalue weighted by atomic mass is 32.2. The summed E-state index contributed by atoms with van der Waals surface area (Å²) in [4.78, 5) is 0.319. The molecule has 0 bridgehead atoms. The van der Waals surface area contributed by atoms with Gasteiger partial charge in [-0.05, 0) is 31.0 Å². The van der Waals surface area contributed by atoms with Gasteiger partial charge in [0.25, 0.3) is 0 Å². The van der Waals surface area contributed by atoms with E-state index in [0.717, 1.165) is 19.5 Å². The minimum Gasteiger partial charge on any atom is -0.497 e. The van der Waals surface area contributed by atoms with Crippen LogP contribution in [-0.4, -0.2) is 45.5 Å². The summed E-state index contributed by atoms with van der Waals surface area (Å²) in [5.41, 5.74) is 0. The first-order chi connectivity index (χ1) is 9.13. The zero-order valence-electron chi connectivity index (χ0n) is 10.9. The third kappa shape index (κ3) is 2.13. The van der Waals surface area contributed by atoms with Gasteiger partial charge in [-0.2, -0.15) is 4.31 Å². The molecular formula is C13H18N2O3S. The van der Waals surface area contributed by atoms with E-state index in [1.807, 2.05) is 0 Å². The van der Waals surface area contributed by atoms with Crippen LogP contribution in [0.5, 0.6) is 5.75 Å². The molecule has 0 aliphatic carbocycles. The van der Waals surface area contributed by atoms with Crippen LogP contribution in [0.1, 0.15) is 6.42 Å². The van der Waals surface area contributed by atoms with E-state index in [4.69, 9.17) is 4.74 Å². The molecule has 0 unspecified atom stereocenters. The average Bonchev–Trinajstić information content (AvgIpc) is 3.01. The lowest BCUT2D eigenvalue weighted by molar-refractivity contribution is 0.381. The van der Waals surface area contributed by atoms with E-state index in [1.54, 1.807) is 35.7 Å². The molecule has 104 valence electrons. The first-order valence-electron chi connectivity index (χ1n) is 6.49. The van der Waals surface area contributed by atoms with Gasteiger partial charge in [0.15, 0.2) is 0 Å². The molecule has 2 fully saturated rings. The Balaban J connectivity index is 1.93. The normalized spacial score (nSPS) is 27.4. The van der Waals surface area contributed by atoms with E-state index in [2.05, 4.69) is 5.32 Å². The lowest BCUT2D eigenvalue weighted by Crippen LogP contribution is -2.38. The van der Waals surface area contributed by atoms with Gasteiger partial charge in [-0.3, -0.25) is 0 Å². The fourth-order valence-corrected chi connectivity index (χ4v) is 4.74. The molecule has 1 aromatic carbocycles. The minimum atomic E-state index is -3.41. The van der Waals surface area contributed by atoms with E-state index < -0.39 is 10.0 Å². The Kier molecular flexibility index (Phi) is 3.24. The summed E-state index contributed by atoms with van der Waals surface area (Å²) in [7, 11) is -1.87. The first-order valence-corrected chi connectivity index (χ1v) is 7.93. The summed E-state index contributed by atoms with van der Waals surface area (Å²) in [5, 5.41) is 3.27. The van der Waals surface area contributed by atoms with Crippen LogP contribution in [0.3, 0.4) is 0 Å². The Morgan fingerprint density at radius 3 is 3.00 bits per heavy atom. The molecule has 5 nitrogen and oxygen atoms in total. The highest BCUT2D eigenvalue weighted by Gasteiger charge is 2.43. The number of nitrogens with one attached hydrogen (secondary N) is 1. The van der Waals surface area contributed by atoms with Gasteiger partial charge in [-0.15, -0.1) is 0 Å². The zero-order chi connectivity index (χ0) is 13.5. The number of methoxy groups -OCH3 is 1. The van der Waals surface area contributed by atoms with Crippen molar-refractivity contribution < 1.29 is 13.2 Å². The van der Waals surface area contributed by atoms with Gasteiger partial charge in [-0.1, -0.05) is 6.07 Å². The van der Waals surface area contributed by atoms with Crippen LogP contribution in [0.2, 0.25) is 0 Å². The van der Waals surface area contributed by atoms with Crippen molar-refractivity contribution in [2.45, 2.75) is 17.4 Å². The standard InChI is InChI=1S/C13H18N2O3S/c1-18-11-3-2-4-12(7-11)19(16,17)15-6-5-10-8-14-9-13(10)15/h2-4,7,10,13-14H,5-6,8-9H2,1H3/t10-,13+/m0/s1. The molecule has 2 atom stereocenters. The number of rotatable bonds is 3. The van der Waals surface area contributed by atoms with E-state index in [-0.39, 0.29) is 6.04 Å². The molecule has 0 spiro atoms. The van der Waals surface area contributed by atoms with E-state index in [0.29, 0.717) is 23.1 Å². The second kappa shape index (κ2) is 4.77. The van der Waals surface area contributed by atoms with Gasteiger partial charge in [0.1, 0.15) is 5.75 Å². The lowest BCUT2D eigenvalue weighted by atomic mass is 10.1. The molecule has 0 radical (unpaired) electrons. The SMILES string of the molecule is COc1cccc(S(=O)(=O)N2CC[C@H]3CNC[C@H]32)c1. The molecule has 2 aliphatic rings. The van der Waals surface area contributed by atoms with Crippen LogP contribution >= 0.6 is 0 Å². The van der Waals surface area contributed by atoms with Gasteiger partial charge < -0.3 is 10.1 Å². The smallest absolute Gasteiger partial charge is 0.243 e. The molecule has 2 aliphatic heterocycles. The summed E-state index contributed by atoms with van der Waals surface area (Å²) in [6, 6.07) is 6.80. The van der Waals surface area contributed by atoms with Gasteiger partial charge >= 0.3 is 0 Å². The number of fused-ring (bicyclic) bond motifs is 1. The Morgan fingerprint density at radius 2 is 2.21 bits per heavy atom. The van der Waals surface area contributed by atoms with Crippen molar-refractivity contribution in [2.75, 3.05) is 26.7 Å². The zero-order valence-corrected chi connectivity index (χ0v) is 11.7. The maximum absolute atomic E-state index is 12.7. The Bertz CT molecular complexity index is 573.